The molecule has 1 aliphatic rings. The fourth-order valence-electron chi connectivity index (χ4n) is 2.89. The molecule has 1 aliphatic carbocycles. The number of benzene rings is 2. The SMILES string of the molecule is O=C(O)C(Cc1ccccc1)NC(=O)C1CC1c1ccc(F)cc1. The minimum atomic E-state index is -1.05. The Kier molecular flexibility index (Phi) is 4.60. The minimum absolute atomic E-state index is 0.0387. The minimum Gasteiger partial charge on any atom is -0.480 e. The average Bonchev–Trinajstić information content (AvgIpc) is 3.36. The third kappa shape index (κ3) is 3.79. The molecule has 1 saturated carbocycles. The first-order chi connectivity index (χ1) is 11.5. The summed E-state index contributed by atoms with van der Waals surface area (Å²) < 4.78 is 12.9. The summed E-state index contributed by atoms with van der Waals surface area (Å²) in [6, 6.07) is 14.3. The first-order valence-corrected chi connectivity index (χ1v) is 7.87. The number of aliphatic carboxylic acids is 1. The predicted molar refractivity (Wildman–Crippen MR) is 87.0 cm³/mol. The van der Waals surface area contributed by atoms with E-state index in [1.807, 2.05) is 30.3 Å². The van der Waals surface area contributed by atoms with Gasteiger partial charge in [0.2, 0.25) is 5.91 Å². The Morgan fingerprint density at radius 2 is 1.79 bits per heavy atom. The summed E-state index contributed by atoms with van der Waals surface area (Å²) >= 11 is 0. The van der Waals surface area contributed by atoms with E-state index in [0.29, 0.717) is 6.42 Å². The Morgan fingerprint density at radius 1 is 1.12 bits per heavy atom. The van der Waals surface area contributed by atoms with E-state index in [9.17, 15) is 19.1 Å². The second-order valence-electron chi connectivity index (χ2n) is 6.09. The van der Waals surface area contributed by atoms with Gasteiger partial charge in [-0.15, -0.1) is 0 Å². The molecule has 4 nitrogen and oxygen atoms in total. The average molecular weight is 327 g/mol. The maximum atomic E-state index is 12.9. The number of hydrogen-bond donors (Lipinski definition) is 2. The van der Waals surface area contributed by atoms with E-state index in [1.165, 1.54) is 12.1 Å². The molecule has 1 amide bonds. The Bertz CT molecular complexity index is 730. The predicted octanol–water partition coefficient (Wildman–Crippen LogP) is 2.74. The zero-order chi connectivity index (χ0) is 17.1. The van der Waals surface area contributed by atoms with Crippen molar-refractivity contribution in [2.75, 3.05) is 0 Å². The van der Waals surface area contributed by atoms with Crippen molar-refractivity contribution in [3.63, 3.8) is 0 Å². The van der Waals surface area contributed by atoms with E-state index in [0.717, 1.165) is 11.1 Å². The van der Waals surface area contributed by atoms with E-state index in [4.69, 9.17) is 0 Å². The third-order valence-electron chi connectivity index (χ3n) is 4.32. The van der Waals surface area contributed by atoms with Crippen molar-refractivity contribution >= 4 is 11.9 Å². The van der Waals surface area contributed by atoms with E-state index in [2.05, 4.69) is 5.32 Å². The molecule has 0 saturated heterocycles. The van der Waals surface area contributed by atoms with Gasteiger partial charge in [0.15, 0.2) is 0 Å². The normalized spacial score (nSPS) is 20.2. The van der Waals surface area contributed by atoms with E-state index < -0.39 is 12.0 Å². The van der Waals surface area contributed by atoms with Crippen LogP contribution in [0.3, 0.4) is 0 Å². The van der Waals surface area contributed by atoms with Crippen molar-refractivity contribution in [2.24, 2.45) is 5.92 Å². The molecule has 24 heavy (non-hydrogen) atoms. The fraction of sp³-hybridized carbons (Fsp3) is 0.263. The van der Waals surface area contributed by atoms with Crippen molar-refractivity contribution in [1.29, 1.82) is 0 Å². The van der Waals surface area contributed by atoms with Crippen LogP contribution in [-0.2, 0) is 16.0 Å². The molecule has 3 unspecified atom stereocenters. The number of carbonyl (C=O) groups is 2. The van der Waals surface area contributed by atoms with Crippen LogP contribution in [-0.4, -0.2) is 23.0 Å². The number of carbonyl (C=O) groups excluding carboxylic acids is 1. The standard InChI is InChI=1S/C19H18FNO3/c20-14-8-6-13(7-9-14)15-11-16(15)18(22)21-17(19(23)24)10-12-4-2-1-3-5-12/h1-9,15-17H,10-11H2,(H,21,22)(H,23,24). The molecule has 0 spiro atoms. The van der Waals surface area contributed by atoms with Crippen molar-refractivity contribution in [1.82, 2.24) is 5.32 Å². The molecule has 0 aromatic heterocycles. The van der Waals surface area contributed by atoms with Crippen molar-refractivity contribution in [3.8, 4) is 0 Å². The first kappa shape index (κ1) is 16.2. The Morgan fingerprint density at radius 3 is 2.42 bits per heavy atom. The van der Waals surface area contributed by atoms with Crippen LogP contribution in [0.4, 0.5) is 4.39 Å². The van der Waals surface area contributed by atoms with Gasteiger partial charge in [-0.3, -0.25) is 4.79 Å². The highest BCUT2D eigenvalue weighted by Gasteiger charge is 2.44. The summed E-state index contributed by atoms with van der Waals surface area (Å²) in [7, 11) is 0. The molecular weight excluding hydrogens is 309 g/mol. The Labute approximate surface area is 139 Å². The number of carboxylic acid groups (broad SMARTS) is 1. The lowest BCUT2D eigenvalue weighted by atomic mass is 10.1. The summed E-state index contributed by atoms with van der Waals surface area (Å²) in [4.78, 5) is 23.7. The zero-order valence-electron chi connectivity index (χ0n) is 13.0. The summed E-state index contributed by atoms with van der Waals surface area (Å²) in [6.07, 6.45) is 0.908. The lowest BCUT2D eigenvalue weighted by Gasteiger charge is -2.14. The van der Waals surface area contributed by atoms with E-state index in [1.54, 1.807) is 12.1 Å². The van der Waals surface area contributed by atoms with Crippen molar-refractivity contribution in [2.45, 2.75) is 24.8 Å². The van der Waals surface area contributed by atoms with Crippen LogP contribution in [0.25, 0.3) is 0 Å². The van der Waals surface area contributed by atoms with Gasteiger partial charge in [-0.05, 0) is 35.6 Å². The number of amides is 1. The molecular formula is C19H18FNO3. The van der Waals surface area contributed by atoms with Crippen LogP contribution >= 0.6 is 0 Å². The number of rotatable bonds is 6. The van der Waals surface area contributed by atoms with Gasteiger partial charge in [-0.25, -0.2) is 9.18 Å². The number of hydrogen-bond acceptors (Lipinski definition) is 2. The van der Waals surface area contributed by atoms with Crippen LogP contribution in [0.5, 0.6) is 0 Å². The highest BCUT2D eigenvalue weighted by molar-refractivity contribution is 5.87. The molecule has 2 aromatic carbocycles. The van der Waals surface area contributed by atoms with Crippen LogP contribution in [0.1, 0.15) is 23.5 Å². The molecule has 0 radical (unpaired) electrons. The zero-order valence-corrected chi connectivity index (χ0v) is 13.0. The molecule has 1 fully saturated rings. The Hall–Kier alpha value is -2.69. The van der Waals surface area contributed by atoms with Gasteiger partial charge < -0.3 is 10.4 Å². The topological polar surface area (TPSA) is 66.4 Å². The van der Waals surface area contributed by atoms with Crippen LogP contribution in [0, 0.1) is 11.7 Å². The highest BCUT2D eigenvalue weighted by Crippen LogP contribution is 2.47. The van der Waals surface area contributed by atoms with Gasteiger partial charge in [0, 0.05) is 12.3 Å². The number of carboxylic acids is 1. The summed E-state index contributed by atoms with van der Waals surface area (Å²) in [6.45, 7) is 0. The summed E-state index contributed by atoms with van der Waals surface area (Å²) in [5.74, 6) is -1.82. The lowest BCUT2D eigenvalue weighted by molar-refractivity contribution is -0.142. The second kappa shape index (κ2) is 6.83. The van der Waals surface area contributed by atoms with E-state index in [-0.39, 0.29) is 30.0 Å². The first-order valence-electron chi connectivity index (χ1n) is 7.87. The fourth-order valence-corrected chi connectivity index (χ4v) is 2.89. The molecule has 124 valence electrons. The monoisotopic (exact) mass is 327 g/mol. The molecule has 0 aliphatic heterocycles. The summed E-state index contributed by atoms with van der Waals surface area (Å²) in [5.41, 5.74) is 1.77. The summed E-state index contributed by atoms with van der Waals surface area (Å²) in [5, 5.41) is 12.0. The molecule has 3 rings (SSSR count). The van der Waals surface area contributed by atoms with E-state index >= 15 is 0 Å². The van der Waals surface area contributed by atoms with Gasteiger partial charge in [0.05, 0.1) is 0 Å². The van der Waals surface area contributed by atoms with Gasteiger partial charge >= 0.3 is 5.97 Å². The molecule has 3 atom stereocenters. The largest absolute Gasteiger partial charge is 0.480 e. The second-order valence-corrected chi connectivity index (χ2v) is 6.09. The maximum Gasteiger partial charge on any atom is 0.326 e. The van der Waals surface area contributed by atoms with Gasteiger partial charge in [-0.2, -0.15) is 0 Å². The van der Waals surface area contributed by atoms with Crippen molar-refractivity contribution < 1.29 is 19.1 Å². The molecule has 2 N–H and O–H groups in total. The van der Waals surface area contributed by atoms with Crippen LogP contribution < -0.4 is 5.32 Å². The Balaban J connectivity index is 1.60. The smallest absolute Gasteiger partial charge is 0.326 e. The highest BCUT2D eigenvalue weighted by atomic mass is 19.1. The number of nitrogens with one attached hydrogen (secondary N) is 1. The van der Waals surface area contributed by atoms with Gasteiger partial charge in [0.25, 0.3) is 0 Å². The molecule has 0 heterocycles. The third-order valence-corrected chi connectivity index (χ3v) is 4.32. The molecule has 0 bridgehead atoms. The quantitative estimate of drug-likeness (QED) is 0.857. The maximum absolute atomic E-state index is 12.9. The van der Waals surface area contributed by atoms with Gasteiger partial charge in [-0.1, -0.05) is 42.5 Å². The molecule has 2 aromatic rings. The van der Waals surface area contributed by atoms with Gasteiger partial charge in [0.1, 0.15) is 11.9 Å². The van der Waals surface area contributed by atoms with Crippen LogP contribution in [0.2, 0.25) is 0 Å². The van der Waals surface area contributed by atoms with Crippen LogP contribution in [0.15, 0.2) is 54.6 Å². The van der Waals surface area contributed by atoms with Crippen molar-refractivity contribution in [3.05, 3.63) is 71.5 Å². The lowest BCUT2D eigenvalue weighted by Crippen LogP contribution is -2.43. The molecule has 5 heteroatoms. The number of halogens is 1.